The van der Waals surface area contributed by atoms with E-state index in [9.17, 15) is 9.59 Å². The van der Waals surface area contributed by atoms with Crippen LogP contribution in [0.25, 0.3) is 0 Å². The van der Waals surface area contributed by atoms with Crippen LogP contribution >= 0.6 is 0 Å². The van der Waals surface area contributed by atoms with E-state index in [4.69, 9.17) is 9.47 Å². The summed E-state index contributed by atoms with van der Waals surface area (Å²) in [6.07, 6.45) is -0.351. The van der Waals surface area contributed by atoms with Gasteiger partial charge in [0.25, 0.3) is 5.91 Å². The van der Waals surface area contributed by atoms with Gasteiger partial charge in [0.05, 0.1) is 7.11 Å². The average Bonchev–Trinajstić information content (AvgIpc) is 2.64. The highest BCUT2D eigenvalue weighted by Crippen LogP contribution is 2.25. The molecule has 5 heteroatoms. The minimum Gasteiger partial charge on any atom is -0.496 e. The summed E-state index contributed by atoms with van der Waals surface area (Å²) in [5, 5.41) is 2.84. The number of benzene rings is 2. The van der Waals surface area contributed by atoms with Gasteiger partial charge in [-0.25, -0.2) is 0 Å². The van der Waals surface area contributed by atoms with E-state index < -0.39 is 6.10 Å². The first kappa shape index (κ1) is 21.5. The lowest BCUT2D eigenvalue weighted by Crippen LogP contribution is -2.30. The van der Waals surface area contributed by atoms with Crippen LogP contribution in [0.4, 0.5) is 5.69 Å². The smallest absolute Gasteiger partial charge is 0.265 e. The number of anilines is 1. The standard InChI is InChI=1S/C23H29NO4/c1-14(2)20(25)12-18-8-9-19(13-22(18)27-6)24-23(26)17(5)28-21-10-7-15(3)11-16(21)4/h7-11,13-14,17H,12H2,1-6H3,(H,24,26). The second kappa shape index (κ2) is 9.40. The zero-order valence-electron chi connectivity index (χ0n) is 17.5. The van der Waals surface area contributed by atoms with Gasteiger partial charge in [-0.3, -0.25) is 9.59 Å². The average molecular weight is 383 g/mol. The van der Waals surface area contributed by atoms with E-state index in [0.29, 0.717) is 23.6 Å². The molecule has 2 rings (SSSR count). The van der Waals surface area contributed by atoms with Crippen molar-refractivity contribution in [2.45, 2.75) is 47.1 Å². The number of aryl methyl sites for hydroxylation is 2. The number of carbonyl (C=O) groups excluding carboxylic acids is 2. The SMILES string of the molecule is COc1cc(NC(=O)C(C)Oc2ccc(C)cc2C)ccc1CC(=O)C(C)C. The van der Waals surface area contributed by atoms with E-state index in [1.807, 2.05) is 52.0 Å². The molecule has 0 fully saturated rings. The topological polar surface area (TPSA) is 64.6 Å². The minimum atomic E-state index is -0.658. The number of amides is 1. The lowest BCUT2D eigenvalue weighted by Gasteiger charge is -2.17. The maximum Gasteiger partial charge on any atom is 0.265 e. The van der Waals surface area contributed by atoms with Gasteiger partial charge in [-0.15, -0.1) is 0 Å². The van der Waals surface area contributed by atoms with Crippen molar-refractivity contribution in [3.05, 3.63) is 53.1 Å². The van der Waals surface area contributed by atoms with Crippen molar-refractivity contribution >= 4 is 17.4 Å². The first-order valence-corrected chi connectivity index (χ1v) is 9.45. The molecule has 150 valence electrons. The van der Waals surface area contributed by atoms with Crippen LogP contribution in [0.2, 0.25) is 0 Å². The van der Waals surface area contributed by atoms with Crippen LogP contribution in [0.5, 0.6) is 11.5 Å². The van der Waals surface area contributed by atoms with Crippen molar-refractivity contribution < 1.29 is 19.1 Å². The van der Waals surface area contributed by atoms with Crippen LogP contribution in [0.1, 0.15) is 37.5 Å². The second-order valence-electron chi connectivity index (χ2n) is 7.34. The van der Waals surface area contributed by atoms with Crippen molar-refractivity contribution in [1.82, 2.24) is 0 Å². The van der Waals surface area contributed by atoms with Crippen molar-refractivity contribution in [2.24, 2.45) is 5.92 Å². The highest BCUT2D eigenvalue weighted by molar-refractivity contribution is 5.94. The molecule has 1 N–H and O–H groups in total. The molecule has 0 aliphatic rings. The number of carbonyl (C=O) groups is 2. The number of nitrogens with one attached hydrogen (secondary N) is 1. The Labute approximate surface area is 167 Å². The first-order valence-electron chi connectivity index (χ1n) is 9.45. The number of ketones is 1. The van der Waals surface area contributed by atoms with E-state index in [2.05, 4.69) is 5.32 Å². The third-order valence-electron chi connectivity index (χ3n) is 4.57. The highest BCUT2D eigenvalue weighted by Gasteiger charge is 2.17. The third-order valence-corrected chi connectivity index (χ3v) is 4.57. The lowest BCUT2D eigenvalue weighted by molar-refractivity contribution is -0.122. The Morgan fingerprint density at radius 3 is 2.32 bits per heavy atom. The maximum atomic E-state index is 12.5. The number of hydrogen-bond donors (Lipinski definition) is 1. The fraction of sp³-hybridized carbons (Fsp3) is 0.391. The predicted molar refractivity (Wildman–Crippen MR) is 111 cm³/mol. The molecule has 2 aromatic rings. The van der Waals surface area contributed by atoms with Crippen molar-refractivity contribution in [3.8, 4) is 11.5 Å². The second-order valence-corrected chi connectivity index (χ2v) is 7.34. The van der Waals surface area contributed by atoms with Crippen LogP contribution in [-0.4, -0.2) is 24.9 Å². The largest absolute Gasteiger partial charge is 0.496 e. The molecule has 1 unspecified atom stereocenters. The Kier molecular flexibility index (Phi) is 7.21. The third kappa shape index (κ3) is 5.59. The normalized spacial score (nSPS) is 11.8. The van der Waals surface area contributed by atoms with Crippen molar-refractivity contribution in [2.75, 3.05) is 12.4 Å². The van der Waals surface area contributed by atoms with E-state index in [1.165, 1.54) is 0 Å². The number of Topliss-reactive ketones (excluding diaryl/α,β-unsaturated/α-hetero) is 1. The molecule has 1 amide bonds. The summed E-state index contributed by atoms with van der Waals surface area (Å²) in [6.45, 7) is 9.43. The van der Waals surface area contributed by atoms with Gasteiger partial charge in [-0.1, -0.05) is 37.6 Å². The predicted octanol–water partition coefficient (Wildman–Crippen LogP) is 4.49. The summed E-state index contributed by atoms with van der Waals surface area (Å²) >= 11 is 0. The van der Waals surface area contributed by atoms with E-state index in [1.54, 1.807) is 26.2 Å². The summed E-state index contributed by atoms with van der Waals surface area (Å²) < 4.78 is 11.2. The van der Waals surface area contributed by atoms with Crippen LogP contribution in [0, 0.1) is 19.8 Å². The molecule has 0 spiro atoms. The van der Waals surface area contributed by atoms with Crippen LogP contribution < -0.4 is 14.8 Å². The zero-order valence-corrected chi connectivity index (χ0v) is 17.5. The Balaban J connectivity index is 2.07. The molecule has 0 bridgehead atoms. The minimum absolute atomic E-state index is 0.0349. The van der Waals surface area contributed by atoms with Gasteiger partial charge in [0.1, 0.15) is 17.3 Å². The van der Waals surface area contributed by atoms with Gasteiger partial charge in [0.2, 0.25) is 0 Å². The Morgan fingerprint density at radius 1 is 1.00 bits per heavy atom. The molecule has 0 saturated heterocycles. The van der Waals surface area contributed by atoms with Gasteiger partial charge in [-0.05, 0) is 38.5 Å². The molecule has 1 atom stereocenters. The van der Waals surface area contributed by atoms with Crippen LogP contribution in [0.15, 0.2) is 36.4 Å². The quantitative estimate of drug-likeness (QED) is 0.730. The molecule has 5 nitrogen and oxygen atoms in total. The molecule has 2 aromatic carbocycles. The first-order chi connectivity index (χ1) is 13.2. The summed E-state index contributed by atoms with van der Waals surface area (Å²) in [4.78, 5) is 24.5. The van der Waals surface area contributed by atoms with E-state index in [-0.39, 0.29) is 17.6 Å². The summed E-state index contributed by atoms with van der Waals surface area (Å²) in [6, 6.07) is 11.2. The molecule has 0 heterocycles. The number of methoxy groups -OCH3 is 1. The van der Waals surface area contributed by atoms with Crippen LogP contribution in [0.3, 0.4) is 0 Å². The van der Waals surface area contributed by atoms with Crippen LogP contribution in [-0.2, 0) is 16.0 Å². The molecular weight excluding hydrogens is 354 g/mol. The highest BCUT2D eigenvalue weighted by atomic mass is 16.5. The molecular formula is C23H29NO4. The van der Waals surface area contributed by atoms with Crippen molar-refractivity contribution in [3.63, 3.8) is 0 Å². The maximum absolute atomic E-state index is 12.5. The Morgan fingerprint density at radius 2 is 1.71 bits per heavy atom. The zero-order chi connectivity index (χ0) is 20.8. The molecule has 0 saturated carbocycles. The van der Waals surface area contributed by atoms with Gasteiger partial charge in [0, 0.05) is 29.7 Å². The molecule has 0 radical (unpaired) electrons. The molecule has 0 aliphatic carbocycles. The Bertz CT molecular complexity index is 858. The van der Waals surface area contributed by atoms with Gasteiger partial charge >= 0.3 is 0 Å². The molecule has 0 aliphatic heterocycles. The van der Waals surface area contributed by atoms with Gasteiger partial charge < -0.3 is 14.8 Å². The number of rotatable bonds is 8. The lowest BCUT2D eigenvalue weighted by atomic mass is 10.00. The molecule has 28 heavy (non-hydrogen) atoms. The number of ether oxygens (including phenoxy) is 2. The number of hydrogen-bond acceptors (Lipinski definition) is 4. The fourth-order valence-corrected chi connectivity index (χ4v) is 2.78. The van der Waals surface area contributed by atoms with Gasteiger partial charge in [-0.2, -0.15) is 0 Å². The van der Waals surface area contributed by atoms with E-state index in [0.717, 1.165) is 16.7 Å². The van der Waals surface area contributed by atoms with Gasteiger partial charge in [0.15, 0.2) is 6.10 Å². The Hall–Kier alpha value is -2.82. The summed E-state index contributed by atoms with van der Waals surface area (Å²) in [7, 11) is 1.55. The monoisotopic (exact) mass is 383 g/mol. The summed E-state index contributed by atoms with van der Waals surface area (Å²) in [5.74, 6) is 1.12. The van der Waals surface area contributed by atoms with E-state index >= 15 is 0 Å². The molecule has 0 aromatic heterocycles. The fourth-order valence-electron chi connectivity index (χ4n) is 2.78. The van der Waals surface area contributed by atoms with Crippen molar-refractivity contribution in [1.29, 1.82) is 0 Å². The summed E-state index contributed by atoms with van der Waals surface area (Å²) in [5.41, 5.74) is 3.53.